The van der Waals surface area contributed by atoms with Crippen molar-refractivity contribution in [2.24, 2.45) is 23.2 Å². The van der Waals surface area contributed by atoms with Crippen LogP contribution in [0, 0.1) is 23.2 Å². The molecule has 0 unspecified atom stereocenters. The van der Waals surface area contributed by atoms with E-state index in [-0.39, 0.29) is 11.3 Å². The van der Waals surface area contributed by atoms with E-state index in [0.717, 1.165) is 86.1 Å². The number of amides is 1. The fourth-order valence-electron chi connectivity index (χ4n) is 7.38. The molecule has 0 spiro atoms. The van der Waals surface area contributed by atoms with Crippen LogP contribution in [0.4, 0.5) is 5.69 Å². The molecule has 0 radical (unpaired) electrons. The highest BCUT2D eigenvalue weighted by Crippen LogP contribution is 2.60. The maximum atomic E-state index is 13.5. The lowest BCUT2D eigenvalue weighted by Gasteiger charge is -2.55. The summed E-state index contributed by atoms with van der Waals surface area (Å²) in [5.41, 5.74) is 6.03. The van der Waals surface area contributed by atoms with Crippen molar-refractivity contribution < 1.29 is 9.53 Å². The van der Waals surface area contributed by atoms with Crippen LogP contribution < -0.4 is 10.1 Å². The summed E-state index contributed by atoms with van der Waals surface area (Å²) < 4.78 is 6.16. The second-order valence-corrected chi connectivity index (χ2v) is 12.7. The highest BCUT2D eigenvalue weighted by molar-refractivity contribution is 5.95. The lowest BCUT2D eigenvalue weighted by atomic mass is 9.49. The van der Waals surface area contributed by atoms with Gasteiger partial charge in [0.2, 0.25) is 5.91 Å². The van der Waals surface area contributed by atoms with E-state index in [1.807, 2.05) is 18.2 Å². The second kappa shape index (κ2) is 13.0. The van der Waals surface area contributed by atoms with Crippen molar-refractivity contribution in [3.8, 4) is 5.75 Å². The van der Waals surface area contributed by atoms with Gasteiger partial charge in [0, 0.05) is 5.69 Å². The summed E-state index contributed by atoms with van der Waals surface area (Å²) in [4.78, 5) is 13.5. The Bertz CT molecular complexity index is 1050. The van der Waals surface area contributed by atoms with E-state index in [1.165, 1.54) is 36.0 Å². The largest absolute Gasteiger partial charge is 0.489 e. The summed E-state index contributed by atoms with van der Waals surface area (Å²) in [5.74, 6) is 3.42. The summed E-state index contributed by atoms with van der Waals surface area (Å²) in [6.07, 6.45) is 21.2. The Balaban J connectivity index is 1.29. The molecule has 4 aliphatic carbocycles. The van der Waals surface area contributed by atoms with Gasteiger partial charge in [0.05, 0.1) is 5.41 Å². The molecule has 38 heavy (non-hydrogen) atoms. The Morgan fingerprint density at radius 1 is 0.947 bits per heavy atom. The van der Waals surface area contributed by atoms with Crippen molar-refractivity contribution in [3.63, 3.8) is 0 Å². The quantitative estimate of drug-likeness (QED) is 0.266. The van der Waals surface area contributed by atoms with E-state index in [4.69, 9.17) is 4.74 Å². The lowest BCUT2D eigenvalue weighted by Crippen LogP contribution is -2.51. The molecule has 1 aromatic rings. The van der Waals surface area contributed by atoms with Crippen LogP contribution in [0.3, 0.4) is 0 Å². The Hall–Kier alpha value is -2.55. The van der Waals surface area contributed by atoms with Gasteiger partial charge in [-0.1, -0.05) is 34.9 Å². The Kier molecular flexibility index (Phi) is 9.74. The number of carbonyl (C=O) groups is 1. The zero-order chi connectivity index (χ0) is 27.1. The van der Waals surface area contributed by atoms with Gasteiger partial charge in [-0.25, -0.2) is 0 Å². The van der Waals surface area contributed by atoms with E-state index in [2.05, 4.69) is 63.9 Å². The zero-order valence-electron chi connectivity index (χ0n) is 24.3. The van der Waals surface area contributed by atoms with Crippen molar-refractivity contribution in [1.29, 1.82) is 0 Å². The summed E-state index contributed by atoms with van der Waals surface area (Å²) in [6, 6.07) is 6.09. The number of carbonyl (C=O) groups excluding carboxylic acids is 1. The first-order valence-electron chi connectivity index (χ1n) is 14.9. The van der Waals surface area contributed by atoms with Gasteiger partial charge in [-0.15, -0.1) is 6.58 Å². The number of allylic oxidation sites excluding steroid dienone is 6. The SMILES string of the molecule is C=CCc1cc(NC(=O)C23CC4CC(CC(C4)C2)C3)ccc1OC/C=C(\C)CC/C=C(\C)CCC=C(C)C. The highest BCUT2D eigenvalue weighted by atomic mass is 16.5. The minimum Gasteiger partial charge on any atom is -0.489 e. The summed E-state index contributed by atoms with van der Waals surface area (Å²) in [6.45, 7) is 13.2. The van der Waals surface area contributed by atoms with Gasteiger partial charge in [0.15, 0.2) is 0 Å². The Morgan fingerprint density at radius 2 is 1.55 bits per heavy atom. The van der Waals surface area contributed by atoms with E-state index in [1.54, 1.807) is 0 Å². The van der Waals surface area contributed by atoms with E-state index >= 15 is 0 Å². The van der Waals surface area contributed by atoms with E-state index in [0.29, 0.717) is 6.61 Å². The van der Waals surface area contributed by atoms with Gasteiger partial charge < -0.3 is 10.1 Å². The number of nitrogens with one attached hydrogen (secondary N) is 1. The molecule has 4 aliphatic rings. The minimum atomic E-state index is -0.135. The van der Waals surface area contributed by atoms with Crippen LogP contribution in [0.15, 0.2) is 65.8 Å². The molecule has 4 fully saturated rings. The molecule has 0 atom stereocenters. The average Bonchev–Trinajstić information content (AvgIpc) is 2.84. The molecule has 3 heteroatoms. The first-order valence-corrected chi connectivity index (χ1v) is 14.9. The van der Waals surface area contributed by atoms with Crippen molar-refractivity contribution in [1.82, 2.24) is 0 Å². The Labute approximate surface area is 231 Å². The van der Waals surface area contributed by atoms with Crippen molar-refractivity contribution >= 4 is 11.6 Å². The number of ether oxygens (including phenoxy) is 1. The van der Waals surface area contributed by atoms with Crippen LogP contribution in [0.2, 0.25) is 0 Å². The molecule has 206 valence electrons. The van der Waals surface area contributed by atoms with Crippen molar-refractivity contribution in [2.75, 3.05) is 11.9 Å². The van der Waals surface area contributed by atoms with Crippen molar-refractivity contribution in [3.05, 3.63) is 71.4 Å². The normalized spacial score (nSPS) is 26.3. The predicted octanol–water partition coefficient (Wildman–Crippen LogP) is 9.37. The van der Waals surface area contributed by atoms with Gasteiger partial charge in [-0.2, -0.15) is 0 Å². The van der Waals surface area contributed by atoms with Crippen LogP contribution in [-0.2, 0) is 11.2 Å². The number of hydrogen-bond acceptors (Lipinski definition) is 2. The lowest BCUT2D eigenvalue weighted by molar-refractivity contribution is -0.140. The van der Waals surface area contributed by atoms with Gasteiger partial charge >= 0.3 is 0 Å². The molecule has 0 aliphatic heterocycles. The molecule has 0 heterocycles. The molecule has 5 rings (SSSR count). The third-order valence-electron chi connectivity index (χ3n) is 9.00. The third kappa shape index (κ3) is 7.52. The second-order valence-electron chi connectivity index (χ2n) is 12.7. The smallest absolute Gasteiger partial charge is 0.230 e. The predicted molar refractivity (Wildman–Crippen MR) is 160 cm³/mol. The van der Waals surface area contributed by atoms with Crippen LogP contribution in [0.25, 0.3) is 0 Å². The highest BCUT2D eigenvalue weighted by Gasteiger charge is 2.54. The standard InChI is InChI=1S/C35H49NO2/c1-6-9-31-21-32(36-34(37)35-22-28-18-29(23-35)20-30(19-28)24-35)14-15-33(31)38-17-16-27(5)13-8-12-26(4)11-7-10-25(2)3/h6,10,12,14-16,21,28-30H,1,7-9,11,13,17-20,22-24H2,2-5H3,(H,36,37)/b26-12+,27-16+. The Morgan fingerprint density at radius 3 is 2.16 bits per heavy atom. The number of rotatable bonds is 13. The molecule has 4 bridgehead atoms. The molecule has 3 nitrogen and oxygen atoms in total. The van der Waals surface area contributed by atoms with E-state index in [9.17, 15) is 4.79 Å². The summed E-state index contributed by atoms with van der Waals surface area (Å²) in [5, 5.41) is 3.30. The van der Waals surface area contributed by atoms with Crippen LogP contribution >= 0.6 is 0 Å². The maximum Gasteiger partial charge on any atom is 0.230 e. The molecule has 4 saturated carbocycles. The van der Waals surface area contributed by atoms with Crippen LogP contribution in [0.5, 0.6) is 5.75 Å². The molecule has 0 aromatic heterocycles. The number of anilines is 1. The van der Waals surface area contributed by atoms with Crippen LogP contribution in [0.1, 0.15) is 97.5 Å². The first-order chi connectivity index (χ1) is 18.3. The topological polar surface area (TPSA) is 38.3 Å². The molecular formula is C35H49NO2. The molecule has 0 saturated heterocycles. The minimum absolute atomic E-state index is 0.135. The fraction of sp³-hybridized carbons (Fsp3) is 0.571. The molecular weight excluding hydrogens is 466 g/mol. The molecule has 1 N–H and O–H groups in total. The monoisotopic (exact) mass is 515 g/mol. The van der Waals surface area contributed by atoms with Gasteiger partial charge in [0.1, 0.15) is 12.4 Å². The summed E-state index contributed by atoms with van der Waals surface area (Å²) in [7, 11) is 0. The average molecular weight is 516 g/mol. The summed E-state index contributed by atoms with van der Waals surface area (Å²) >= 11 is 0. The number of hydrogen-bond donors (Lipinski definition) is 1. The fourth-order valence-corrected chi connectivity index (χ4v) is 7.38. The zero-order valence-corrected chi connectivity index (χ0v) is 24.3. The van der Waals surface area contributed by atoms with E-state index < -0.39 is 0 Å². The van der Waals surface area contributed by atoms with Gasteiger partial charge in [-0.3, -0.25) is 4.79 Å². The van der Waals surface area contributed by atoms with Gasteiger partial charge in [-0.05, 0) is 146 Å². The number of benzene rings is 1. The molecule has 1 amide bonds. The van der Waals surface area contributed by atoms with Gasteiger partial charge in [0.25, 0.3) is 0 Å². The maximum absolute atomic E-state index is 13.5. The third-order valence-corrected chi connectivity index (χ3v) is 9.00. The van der Waals surface area contributed by atoms with Crippen LogP contribution in [-0.4, -0.2) is 12.5 Å². The first kappa shape index (κ1) is 28.5. The molecule has 1 aromatic carbocycles. The van der Waals surface area contributed by atoms with Crippen molar-refractivity contribution in [2.45, 2.75) is 98.3 Å².